The second kappa shape index (κ2) is 5.23. The number of rotatable bonds is 4. The molecule has 0 saturated heterocycles. The lowest BCUT2D eigenvalue weighted by Crippen LogP contribution is -2.57. The molecule has 1 aromatic rings. The van der Waals surface area contributed by atoms with Crippen LogP contribution in [0.15, 0.2) is 24.3 Å². The normalized spacial score (nSPS) is 30.3. The second-order valence-corrected chi connectivity index (χ2v) is 7.70. The van der Waals surface area contributed by atoms with Gasteiger partial charge in [0.05, 0.1) is 6.61 Å². The summed E-state index contributed by atoms with van der Waals surface area (Å²) in [4.78, 5) is 15.0. The Morgan fingerprint density at radius 1 is 1.30 bits per heavy atom. The van der Waals surface area contributed by atoms with E-state index in [-0.39, 0.29) is 22.8 Å². The van der Waals surface area contributed by atoms with Crippen LogP contribution in [0.25, 0.3) is 0 Å². The summed E-state index contributed by atoms with van der Waals surface area (Å²) in [5, 5.41) is 3.25. The van der Waals surface area contributed by atoms with E-state index in [1.807, 2.05) is 12.1 Å². The number of carbonyl (C=O) groups excluding carboxylic acids is 1. The molecule has 0 aromatic heterocycles. The summed E-state index contributed by atoms with van der Waals surface area (Å²) in [7, 11) is 4.25. The highest BCUT2D eigenvalue weighted by Crippen LogP contribution is 2.60. The van der Waals surface area contributed by atoms with Gasteiger partial charge in [-0.15, -0.1) is 0 Å². The zero-order valence-electron chi connectivity index (χ0n) is 14.1. The van der Waals surface area contributed by atoms with E-state index < -0.39 is 0 Å². The van der Waals surface area contributed by atoms with Gasteiger partial charge < -0.3 is 15.0 Å². The summed E-state index contributed by atoms with van der Waals surface area (Å²) in [5.74, 6) is 1.32. The van der Waals surface area contributed by atoms with Gasteiger partial charge in [0.15, 0.2) is 0 Å². The molecule has 0 radical (unpaired) electrons. The fourth-order valence-corrected chi connectivity index (χ4v) is 4.45. The average molecular weight is 314 g/mol. The van der Waals surface area contributed by atoms with Crippen LogP contribution >= 0.6 is 0 Å². The summed E-state index contributed by atoms with van der Waals surface area (Å²) in [6.07, 6.45) is 5.57. The second-order valence-electron chi connectivity index (χ2n) is 7.70. The van der Waals surface area contributed by atoms with Gasteiger partial charge in [0.1, 0.15) is 5.75 Å². The summed E-state index contributed by atoms with van der Waals surface area (Å²) in [6, 6.07) is 8.22. The Morgan fingerprint density at radius 3 is 2.78 bits per heavy atom. The minimum atomic E-state index is 0.0316. The molecular weight excluding hydrogens is 288 g/mol. The molecule has 23 heavy (non-hydrogen) atoms. The number of ether oxygens (including phenoxy) is 1. The van der Waals surface area contributed by atoms with Gasteiger partial charge in [-0.1, -0.05) is 18.2 Å². The van der Waals surface area contributed by atoms with Gasteiger partial charge in [0.25, 0.3) is 0 Å². The number of para-hydroxylation sites is 1. The number of carbonyl (C=O) groups is 1. The lowest BCUT2D eigenvalue weighted by atomic mass is 9.75. The Labute approximate surface area is 138 Å². The van der Waals surface area contributed by atoms with Crippen LogP contribution in [-0.4, -0.2) is 43.6 Å². The first-order valence-corrected chi connectivity index (χ1v) is 8.75. The number of amides is 1. The molecule has 1 aromatic carbocycles. The van der Waals surface area contributed by atoms with Crippen molar-refractivity contribution >= 4 is 5.91 Å². The Balaban J connectivity index is 1.44. The number of benzene rings is 1. The van der Waals surface area contributed by atoms with Crippen molar-refractivity contribution in [1.82, 2.24) is 10.2 Å². The SMILES string of the molecule is CN(C)C1(CNC(=O)[C@@H]2C[C@]23CCOc2ccccc23)CCC1. The van der Waals surface area contributed by atoms with Crippen molar-refractivity contribution in [1.29, 1.82) is 0 Å². The van der Waals surface area contributed by atoms with E-state index in [2.05, 4.69) is 36.4 Å². The first-order chi connectivity index (χ1) is 11.1. The van der Waals surface area contributed by atoms with Crippen molar-refractivity contribution < 1.29 is 9.53 Å². The van der Waals surface area contributed by atoms with Crippen LogP contribution in [0.5, 0.6) is 5.75 Å². The number of fused-ring (bicyclic) bond motifs is 2. The molecule has 2 fully saturated rings. The molecule has 2 atom stereocenters. The van der Waals surface area contributed by atoms with Gasteiger partial charge in [0.2, 0.25) is 5.91 Å². The number of nitrogens with one attached hydrogen (secondary N) is 1. The lowest BCUT2D eigenvalue weighted by Gasteiger charge is -2.47. The highest BCUT2D eigenvalue weighted by molar-refractivity contribution is 5.85. The standard InChI is InChI=1S/C19H26N2O2/c1-21(2)18(8-5-9-18)13-20-17(22)15-12-19(15)10-11-23-16-7-4-3-6-14(16)19/h3-4,6-7,15H,5,8-13H2,1-2H3,(H,20,22)/t15-,19-/m0/s1. The first-order valence-electron chi connectivity index (χ1n) is 8.75. The molecule has 1 amide bonds. The van der Waals surface area contributed by atoms with Crippen molar-refractivity contribution in [3.8, 4) is 5.75 Å². The van der Waals surface area contributed by atoms with E-state index >= 15 is 0 Å². The molecular formula is C19H26N2O2. The van der Waals surface area contributed by atoms with Crippen molar-refractivity contribution in [2.24, 2.45) is 5.92 Å². The van der Waals surface area contributed by atoms with Gasteiger partial charge in [-0.3, -0.25) is 4.79 Å². The fraction of sp³-hybridized carbons (Fsp3) is 0.632. The van der Waals surface area contributed by atoms with E-state index in [1.165, 1.54) is 24.8 Å². The first kappa shape index (κ1) is 15.0. The summed E-state index contributed by atoms with van der Waals surface area (Å²) < 4.78 is 5.76. The summed E-state index contributed by atoms with van der Waals surface area (Å²) >= 11 is 0. The molecule has 3 aliphatic rings. The number of hydrogen-bond acceptors (Lipinski definition) is 3. The van der Waals surface area contributed by atoms with Crippen LogP contribution < -0.4 is 10.1 Å². The Hall–Kier alpha value is -1.55. The van der Waals surface area contributed by atoms with Gasteiger partial charge in [-0.2, -0.15) is 0 Å². The molecule has 0 bridgehead atoms. The molecule has 0 unspecified atom stereocenters. The van der Waals surface area contributed by atoms with Crippen LogP contribution in [0.1, 0.15) is 37.7 Å². The number of likely N-dealkylation sites (N-methyl/N-ethyl adjacent to an activating group) is 1. The zero-order valence-corrected chi connectivity index (χ0v) is 14.1. The number of hydrogen-bond donors (Lipinski definition) is 1. The molecule has 1 spiro atoms. The topological polar surface area (TPSA) is 41.6 Å². The van der Waals surface area contributed by atoms with Crippen molar-refractivity contribution in [2.75, 3.05) is 27.2 Å². The quantitative estimate of drug-likeness (QED) is 0.927. The maximum Gasteiger partial charge on any atom is 0.224 e. The van der Waals surface area contributed by atoms with E-state index in [1.54, 1.807) is 0 Å². The predicted molar refractivity (Wildman–Crippen MR) is 89.6 cm³/mol. The fourth-order valence-electron chi connectivity index (χ4n) is 4.45. The smallest absolute Gasteiger partial charge is 0.224 e. The van der Waals surface area contributed by atoms with Gasteiger partial charge >= 0.3 is 0 Å². The molecule has 2 aliphatic carbocycles. The van der Waals surface area contributed by atoms with Crippen molar-refractivity contribution in [3.63, 3.8) is 0 Å². The van der Waals surface area contributed by atoms with Crippen molar-refractivity contribution in [2.45, 2.75) is 43.1 Å². The monoisotopic (exact) mass is 314 g/mol. The molecule has 2 saturated carbocycles. The average Bonchev–Trinajstić information content (AvgIpc) is 3.21. The van der Waals surface area contributed by atoms with Crippen LogP contribution in [0, 0.1) is 5.92 Å². The number of nitrogens with zero attached hydrogens (tertiary/aromatic N) is 1. The van der Waals surface area contributed by atoms with Crippen LogP contribution in [-0.2, 0) is 10.2 Å². The Kier molecular flexibility index (Phi) is 3.41. The molecule has 1 heterocycles. The van der Waals surface area contributed by atoms with Crippen LogP contribution in [0.4, 0.5) is 0 Å². The third-order valence-corrected chi connectivity index (χ3v) is 6.45. The minimum Gasteiger partial charge on any atom is -0.493 e. The predicted octanol–water partition coefficient (Wildman–Crippen LogP) is 2.33. The van der Waals surface area contributed by atoms with E-state index in [4.69, 9.17) is 4.74 Å². The van der Waals surface area contributed by atoms with Gasteiger partial charge in [-0.05, 0) is 52.3 Å². The molecule has 1 N–H and O–H groups in total. The largest absolute Gasteiger partial charge is 0.493 e. The third kappa shape index (κ3) is 2.26. The zero-order chi connectivity index (χ0) is 16.1. The molecule has 4 nitrogen and oxygen atoms in total. The highest BCUT2D eigenvalue weighted by Gasteiger charge is 2.61. The van der Waals surface area contributed by atoms with E-state index in [0.29, 0.717) is 0 Å². The minimum absolute atomic E-state index is 0.0316. The summed E-state index contributed by atoms with van der Waals surface area (Å²) in [6.45, 7) is 1.51. The van der Waals surface area contributed by atoms with Crippen LogP contribution in [0.2, 0.25) is 0 Å². The molecule has 1 aliphatic heterocycles. The van der Waals surface area contributed by atoms with E-state index in [0.717, 1.165) is 31.7 Å². The van der Waals surface area contributed by atoms with E-state index in [9.17, 15) is 4.79 Å². The third-order valence-electron chi connectivity index (χ3n) is 6.45. The molecule has 4 heteroatoms. The molecule has 124 valence electrons. The van der Waals surface area contributed by atoms with Gasteiger partial charge in [0, 0.05) is 29.0 Å². The lowest BCUT2D eigenvalue weighted by molar-refractivity contribution is -0.123. The Bertz CT molecular complexity index is 624. The summed E-state index contributed by atoms with van der Waals surface area (Å²) in [5.41, 5.74) is 1.45. The Morgan fingerprint density at radius 2 is 2.09 bits per heavy atom. The molecule has 4 rings (SSSR count). The maximum absolute atomic E-state index is 12.7. The van der Waals surface area contributed by atoms with Crippen LogP contribution in [0.3, 0.4) is 0 Å². The van der Waals surface area contributed by atoms with Gasteiger partial charge in [-0.25, -0.2) is 0 Å². The van der Waals surface area contributed by atoms with Crippen molar-refractivity contribution in [3.05, 3.63) is 29.8 Å². The highest BCUT2D eigenvalue weighted by atomic mass is 16.5. The maximum atomic E-state index is 12.7.